The average molecular weight is 277 g/mol. The second kappa shape index (κ2) is 5.16. The molecule has 1 atom stereocenters. The van der Waals surface area contributed by atoms with Gasteiger partial charge in [0.1, 0.15) is 10.3 Å². The smallest absolute Gasteiger partial charge is 0.322 e. The first-order valence-electron chi connectivity index (χ1n) is 5.05. The van der Waals surface area contributed by atoms with Crippen LogP contribution in [-0.4, -0.2) is 25.5 Å². The molecule has 0 aliphatic heterocycles. The molecule has 0 aromatic carbocycles. The van der Waals surface area contributed by atoms with Gasteiger partial charge in [-0.1, -0.05) is 13.8 Å². The van der Waals surface area contributed by atoms with Gasteiger partial charge in [-0.3, -0.25) is 4.79 Å². The number of rotatable bonds is 5. The van der Waals surface area contributed by atoms with Crippen LogP contribution in [0.2, 0.25) is 0 Å². The van der Waals surface area contributed by atoms with E-state index in [0.717, 1.165) is 11.3 Å². The molecule has 1 heterocycles. The molecule has 0 aliphatic carbocycles. The number of aliphatic carboxylic acids is 1. The predicted molar refractivity (Wildman–Crippen MR) is 65.6 cm³/mol. The van der Waals surface area contributed by atoms with E-state index in [0.29, 0.717) is 5.56 Å². The summed E-state index contributed by atoms with van der Waals surface area (Å²) in [6.45, 7) is 4.99. The molecular weight excluding hydrogens is 262 g/mol. The van der Waals surface area contributed by atoms with Crippen LogP contribution in [0.4, 0.5) is 0 Å². The number of nitrogens with one attached hydrogen (secondary N) is 1. The highest BCUT2D eigenvalue weighted by Crippen LogP contribution is 2.22. The summed E-state index contributed by atoms with van der Waals surface area (Å²) in [7, 11) is -3.75. The SMILES string of the molecule is Cc1ccsc1S(=O)(=O)N[C@@H](C(=O)O)C(C)C. The molecule has 0 bridgehead atoms. The largest absolute Gasteiger partial charge is 0.480 e. The summed E-state index contributed by atoms with van der Waals surface area (Å²) in [6.07, 6.45) is 0. The van der Waals surface area contributed by atoms with Crippen LogP contribution < -0.4 is 4.72 Å². The highest BCUT2D eigenvalue weighted by atomic mass is 32.2. The van der Waals surface area contributed by atoms with Crippen molar-refractivity contribution in [2.45, 2.75) is 31.0 Å². The standard InChI is InChI=1S/C10H15NO4S2/c1-6(2)8(9(12)13)11-17(14,15)10-7(3)4-5-16-10/h4-6,8,11H,1-3H3,(H,12,13)/t8-/m1/s1. The van der Waals surface area contributed by atoms with Crippen molar-refractivity contribution in [3.63, 3.8) is 0 Å². The lowest BCUT2D eigenvalue weighted by molar-refractivity contribution is -0.140. The topological polar surface area (TPSA) is 83.5 Å². The summed E-state index contributed by atoms with van der Waals surface area (Å²) in [5.74, 6) is -1.49. The summed E-state index contributed by atoms with van der Waals surface area (Å²) >= 11 is 1.08. The zero-order valence-corrected chi connectivity index (χ0v) is 11.4. The van der Waals surface area contributed by atoms with Crippen molar-refractivity contribution >= 4 is 27.3 Å². The van der Waals surface area contributed by atoms with Crippen LogP contribution in [0.5, 0.6) is 0 Å². The van der Waals surface area contributed by atoms with E-state index in [4.69, 9.17) is 5.11 Å². The van der Waals surface area contributed by atoms with Crippen LogP contribution in [0.1, 0.15) is 19.4 Å². The number of thiophene rings is 1. The molecule has 5 nitrogen and oxygen atoms in total. The Kier molecular flexibility index (Phi) is 4.29. The van der Waals surface area contributed by atoms with E-state index in [1.165, 1.54) is 0 Å². The average Bonchev–Trinajstić information content (AvgIpc) is 2.60. The molecule has 0 amide bonds. The van der Waals surface area contributed by atoms with Crippen LogP contribution in [0, 0.1) is 12.8 Å². The van der Waals surface area contributed by atoms with Crippen LogP contribution in [0.15, 0.2) is 15.7 Å². The lowest BCUT2D eigenvalue weighted by Gasteiger charge is -2.17. The molecule has 2 N–H and O–H groups in total. The molecule has 7 heteroatoms. The number of aryl methyl sites for hydroxylation is 1. The molecule has 0 spiro atoms. The van der Waals surface area contributed by atoms with Gasteiger partial charge in [0.05, 0.1) is 0 Å². The second-order valence-electron chi connectivity index (χ2n) is 4.07. The number of hydrogen-bond donors (Lipinski definition) is 2. The minimum atomic E-state index is -3.75. The third kappa shape index (κ3) is 3.27. The molecule has 1 rings (SSSR count). The molecular formula is C10H15NO4S2. The molecule has 1 aromatic heterocycles. The molecule has 0 saturated carbocycles. The van der Waals surface area contributed by atoms with E-state index >= 15 is 0 Å². The highest BCUT2D eigenvalue weighted by molar-refractivity contribution is 7.91. The van der Waals surface area contributed by atoms with Crippen molar-refractivity contribution < 1.29 is 18.3 Å². The first-order chi connectivity index (χ1) is 7.75. The number of carbonyl (C=O) groups is 1. The van der Waals surface area contributed by atoms with Crippen molar-refractivity contribution in [2.75, 3.05) is 0 Å². The predicted octanol–water partition coefficient (Wildman–Crippen LogP) is 1.44. The van der Waals surface area contributed by atoms with Gasteiger partial charge in [0.25, 0.3) is 10.0 Å². The monoisotopic (exact) mass is 277 g/mol. The fraction of sp³-hybridized carbons (Fsp3) is 0.500. The minimum Gasteiger partial charge on any atom is -0.480 e. The van der Waals surface area contributed by atoms with Crippen LogP contribution >= 0.6 is 11.3 Å². The fourth-order valence-corrected chi connectivity index (χ4v) is 4.10. The Labute approximate surface area is 105 Å². The molecule has 0 saturated heterocycles. The molecule has 0 radical (unpaired) electrons. The molecule has 0 fully saturated rings. The maximum Gasteiger partial charge on any atom is 0.322 e. The van der Waals surface area contributed by atoms with Gasteiger partial charge in [-0.05, 0) is 29.9 Å². The Morgan fingerprint density at radius 3 is 2.41 bits per heavy atom. The van der Waals surface area contributed by atoms with E-state index in [2.05, 4.69) is 4.72 Å². The van der Waals surface area contributed by atoms with Gasteiger partial charge in [-0.15, -0.1) is 11.3 Å². The Morgan fingerprint density at radius 2 is 2.06 bits per heavy atom. The Hall–Kier alpha value is -0.920. The van der Waals surface area contributed by atoms with E-state index < -0.39 is 22.0 Å². The summed E-state index contributed by atoms with van der Waals surface area (Å²) in [6, 6.07) is 0.575. The molecule has 1 aromatic rings. The fourth-order valence-electron chi connectivity index (χ4n) is 1.33. The van der Waals surface area contributed by atoms with Gasteiger partial charge < -0.3 is 5.11 Å². The van der Waals surface area contributed by atoms with Crippen molar-refractivity contribution in [2.24, 2.45) is 5.92 Å². The van der Waals surface area contributed by atoms with E-state index in [1.807, 2.05) is 0 Å². The van der Waals surface area contributed by atoms with Crippen LogP contribution in [0.3, 0.4) is 0 Å². The van der Waals surface area contributed by atoms with Gasteiger partial charge >= 0.3 is 5.97 Å². The zero-order valence-electron chi connectivity index (χ0n) is 9.80. The maximum atomic E-state index is 12.0. The lowest BCUT2D eigenvalue weighted by atomic mass is 10.1. The normalized spacial score (nSPS) is 13.9. The number of sulfonamides is 1. The summed E-state index contributed by atoms with van der Waals surface area (Å²) in [5.41, 5.74) is 0.621. The van der Waals surface area contributed by atoms with Crippen LogP contribution in [0.25, 0.3) is 0 Å². The first-order valence-corrected chi connectivity index (χ1v) is 7.41. The van der Waals surface area contributed by atoms with E-state index in [9.17, 15) is 13.2 Å². The summed E-state index contributed by atoms with van der Waals surface area (Å²) < 4.78 is 26.3. The van der Waals surface area contributed by atoms with E-state index in [1.54, 1.807) is 32.2 Å². The van der Waals surface area contributed by atoms with Crippen molar-refractivity contribution in [3.05, 3.63) is 17.0 Å². The first kappa shape index (κ1) is 14.1. The minimum absolute atomic E-state index is 0.171. The highest BCUT2D eigenvalue weighted by Gasteiger charge is 2.29. The Balaban J connectivity index is 3.01. The number of carboxylic acid groups (broad SMARTS) is 1. The zero-order chi connectivity index (χ0) is 13.2. The van der Waals surface area contributed by atoms with Crippen molar-refractivity contribution in [1.29, 1.82) is 0 Å². The lowest BCUT2D eigenvalue weighted by Crippen LogP contribution is -2.44. The Bertz CT molecular complexity index is 504. The quantitative estimate of drug-likeness (QED) is 0.853. The number of carboxylic acids is 1. The van der Waals surface area contributed by atoms with Crippen molar-refractivity contribution in [1.82, 2.24) is 4.72 Å². The van der Waals surface area contributed by atoms with Gasteiger partial charge in [-0.2, -0.15) is 4.72 Å². The molecule has 96 valence electrons. The third-order valence-electron chi connectivity index (χ3n) is 2.27. The maximum absolute atomic E-state index is 12.0. The summed E-state index contributed by atoms with van der Waals surface area (Å²) in [5, 5.41) is 10.6. The van der Waals surface area contributed by atoms with Gasteiger partial charge in [-0.25, -0.2) is 8.42 Å². The second-order valence-corrected chi connectivity index (χ2v) is 6.90. The molecule has 0 unspecified atom stereocenters. The van der Waals surface area contributed by atoms with Gasteiger partial charge in [0, 0.05) is 0 Å². The van der Waals surface area contributed by atoms with Gasteiger partial charge in [0.2, 0.25) is 0 Å². The van der Waals surface area contributed by atoms with Crippen molar-refractivity contribution in [3.8, 4) is 0 Å². The van der Waals surface area contributed by atoms with Crippen LogP contribution in [-0.2, 0) is 14.8 Å². The third-order valence-corrected chi connectivity index (χ3v) is 5.40. The molecule has 0 aliphatic rings. The summed E-state index contributed by atoms with van der Waals surface area (Å²) in [4.78, 5) is 10.9. The molecule has 17 heavy (non-hydrogen) atoms. The Morgan fingerprint density at radius 1 is 1.47 bits per heavy atom. The van der Waals surface area contributed by atoms with Gasteiger partial charge in [0.15, 0.2) is 0 Å². The van der Waals surface area contributed by atoms with E-state index in [-0.39, 0.29) is 10.1 Å². The number of hydrogen-bond acceptors (Lipinski definition) is 4.